The van der Waals surface area contributed by atoms with Crippen molar-refractivity contribution in [2.75, 3.05) is 13.1 Å². The second kappa shape index (κ2) is 6.45. The van der Waals surface area contributed by atoms with Crippen LogP contribution in [-0.4, -0.2) is 23.3 Å². The first-order valence-corrected chi connectivity index (χ1v) is 7.57. The number of hydrogen-bond acceptors (Lipinski definition) is 4. The summed E-state index contributed by atoms with van der Waals surface area (Å²) in [6.07, 6.45) is 6.39. The Morgan fingerprint density at radius 3 is 2.71 bits per heavy atom. The average Bonchev–Trinajstić information content (AvgIpc) is 2.66. The molecule has 1 aromatic heterocycles. The normalized spacial score (nSPS) is 16.4. The van der Waals surface area contributed by atoms with Gasteiger partial charge in [-0.1, -0.05) is 33.1 Å². The first kappa shape index (κ1) is 13.0. The summed E-state index contributed by atoms with van der Waals surface area (Å²) in [6, 6.07) is 0. The highest BCUT2D eigenvalue weighted by molar-refractivity contribution is 7.11. The fraction of sp³-hybridized carbons (Fsp3) is 0.846. The van der Waals surface area contributed by atoms with Crippen molar-refractivity contribution in [2.24, 2.45) is 11.8 Å². The van der Waals surface area contributed by atoms with Crippen molar-refractivity contribution in [1.82, 2.24) is 15.5 Å². The Morgan fingerprint density at radius 1 is 1.29 bits per heavy atom. The molecule has 0 amide bonds. The van der Waals surface area contributed by atoms with Crippen LogP contribution in [0.4, 0.5) is 0 Å². The lowest BCUT2D eigenvalue weighted by Gasteiger charge is -2.23. The molecule has 2 rings (SSSR count). The van der Waals surface area contributed by atoms with Gasteiger partial charge in [0, 0.05) is 19.4 Å². The first-order chi connectivity index (χ1) is 8.24. The van der Waals surface area contributed by atoms with Gasteiger partial charge in [-0.2, -0.15) is 0 Å². The summed E-state index contributed by atoms with van der Waals surface area (Å²) >= 11 is 1.81. The van der Waals surface area contributed by atoms with Crippen LogP contribution in [0.2, 0.25) is 0 Å². The lowest BCUT2D eigenvalue weighted by atomic mass is 9.83. The molecule has 3 nitrogen and oxygen atoms in total. The summed E-state index contributed by atoms with van der Waals surface area (Å²) < 4.78 is 0. The van der Waals surface area contributed by atoms with Crippen LogP contribution in [0.1, 0.15) is 43.1 Å². The van der Waals surface area contributed by atoms with Gasteiger partial charge in [0.1, 0.15) is 10.0 Å². The van der Waals surface area contributed by atoms with Gasteiger partial charge in [0.15, 0.2) is 0 Å². The maximum absolute atomic E-state index is 4.29. The second-order valence-corrected chi connectivity index (χ2v) is 6.59. The van der Waals surface area contributed by atoms with Crippen molar-refractivity contribution >= 4 is 11.3 Å². The monoisotopic (exact) mass is 253 g/mol. The Morgan fingerprint density at radius 2 is 2.06 bits per heavy atom. The highest BCUT2D eigenvalue weighted by Crippen LogP contribution is 2.30. The third-order valence-corrected chi connectivity index (χ3v) is 4.27. The summed E-state index contributed by atoms with van der Waals surface area (Å²) in [5, 5.41) is 14.4. The van der Waals surface area contributed by atoms with Crippen molar-refractivity contribution in [2.45, 2.75) is 46.0 Å². The molecular formula is C13H23N3S. The summed E-state index contributed by atoms with van der Waals surface area (Å²) in [5.74, 6) is 1.62. The average molecular weight is 253 g/mol. The molecule has 96 valence electrons. The van der Waals surface area contributed by atoms with E-state index < -0.39 is 0 Å². The van der Waals surface area contributed by atoms with Gasteiger partial charge in [0.25, 0.3) is 0 Å². The minimum absolute atomic E-state index is 0.721. The quantitative estimate of drug-likeness (QED) is 0.759. The summed E-state index contributed by atoms with van der Waals surface area (Å²) in [5.41, 5.74) is 0. The molecule has 0 bridgehead atoms. The number of rotatable bonds is 7. The summed E-state index contributed by atoms with van der Waals surface area (Å²) in [4.78, 5) is 0. The SMILES string of the molecule is CC(C)CNCCc1nnc(CC2CCC2)s1. The predicted octanol–water partition coefficient (Wildman–Crippen LogP) is 2.67. The lowest BCUT2D eigenvalue weighted by Crippen LogP contribution is -2.22. The minimum Gasteiger partial charge on any atom is -0.316 e. The first-order valence-electron chi connectivity index (χ1n) is 6.76. The Labute approximate surface area is 108 Å². The van der Waals surface area contributed by atoms with Crippen LogP contribution in [-0.2, 0) is 12.8 Å². The smallest absolute Gasteiger partial charge is 0.118 e. The van der Waals surface area contributed by atoms with Crippen LogP contribution in [0.5, 0.6) is 0 Å². The van der Waals surface area contributed by atoms with E-state index in [-0.39, 0.29) is 0 Å². The molecule has 1 fully saturated rings. The maximum Gasteiger partial charge on any atom is 0.118 e. The van der Waals surface area contributed by atoms with Gasteiger partial charge in [-0.15, -0.1) is 21.5 Å². The van der Waals surface area contributed by atoms with Crippen LogP contribution < -0.4 is 5.32 Å². The van der Waals surface area contributed by atoms with Crippen molar-refractivity contribution in [3.63, 3.8) is 0 Å². The van der Waals surface area contributed by atoms with E-state index in [9.17, 15) is 0 Å². The van der Waals surface area contributed by atoms with Crippen molar-refractivity contribution in [3.8, 4) is 0 Å². The largest absolute Gasteiger partial charge is 0.316 e. The van der Waals surface area contributed by atoms with Crippen LogP contribution in [0.3, 0.4) is 0 Å². The Kier molecular flexibility index (Phi) is 4.92. The molecule has 1 saturated carbocycles. The molecule has 0 aliphatic heterocycles. The van der Waals surface area contributed by atoms with Gasteiger partial charge in [0.05, 0.1) is 0 Å². The van der Waals surface area contributed by atoms with Gasteiger partial charge >= 0.3 is 0 Å². The molecule has 1 heterocycles. The molecule has 17 heavy (non-hydrogen) atoms. The van der Waals surface area contributed by atoms with E-state index in [2.05, 4.69) is 29.4 Å². The van der Waals surface area contributed by atoms with Gasteiger partial charge in [-0.05, 0) is 18.4 Å². The third-order valence-electron chi connectivity index (χ3n) is 3.26. The zero-order chi connectivity index (χ0) is 12.1. The highest BCUT2D eigenvalue weighted by Gasteiger charge is 2.19. The van der Waals surface area contributed by atoms with Crippen LogP contribution in [0.25, 0.3) is 0 Å². The van der Waals surface area contributed by atoms with Crippen molar-refractivity contribution < 1.29 is 0 Å². The molecule has 1 aromatic rings. The topological polar surface area (TPSA) is 37.8 Å². The number of aromatic nitrogens is 2. The van der Waals surface area contributed by atoms with Crippen LogP contribution >= 0.6 is 11.3 Å². The zero-order valence-corrected chi connectivity index (χ0v) is 11.7. The Bertz CT molecular complexity index is 331. The number of nitrogens with one attached hydrogen (secondary N) is 1. The molecule has 1 aliphatic rings. The molecule has 0 unspecified atom stereocenters. The molecule has 4 heteroatoms. The van der Waals surface area contributed by atoms with E-state index in [4.69, 9.17) is 0 Å². The molecule has 0 saturated heterocycles. The molecular weight excluding hydrogens is 230 g/mol. The van der Waals surface area contributed by atoms with E-state index in [1.165, 1.54) is 29.3 Å². The van der Waals surface area contributed by atoms with Gasteiger partial charge < -0.3 is 5.32 Å². The van der Waals surface area contributed by atoms with Gasteiger partial charge in [-0.3, -0.25) is 0 Å². The van der Waals surface area contributed by atoms with Gasteiger partial charge in [0.2, 0.25) is 0 Å². The van der Waals surface area contributed by atoms with E-state index in [1.54, 1.807) is 0 Å². The standard InChI is InChI=1S/C13H23N3S/c1-10(2)9-14-7-6-12-15-16-13(17-12)8-11-4-3-5-11/h10-11,14H,3-9H2,1-2H3. The maximum atomic E-state index is 4.29. The van der Waals surface area contributed by atoms with E-state index >= 15 is 0 Å². The zero-order valence-electron chi connectivity index (χ0n) is 10.9. The van der Waals surface area contributed by atoms with E-state index in [1.807, 2.05) is 11.3 Å². The fourth-order valence-corrected chi connectivity index (χ4v) is 2.96. The Balaban J connectivity index is 1.66. The molecule has 1 N–H and O–H groups in total. The minimum atomic E-state index is 0.721. The molecule has 0 aromatic carbocycles. The molecule has 0 radical (unpaired) electrons. The van der Waals surface area contributed by atoms with Crippen LogP contribution in [0, 0.1) is 11.8 Å². The second-order valence-electron chi connectivity index (χ2n) is 5.44. The fourth-order valence-electron chi connectivity index (χ4n) is 2.00. The molecule has 0 atom stereocenters. The predicted molar refractivity (Wildman–Crippen MR) is 72.4 cm³/mol. The Hall–Kier alpha value is -0.480. The number of hydrogen-bond donors (Lipinski definition) is 1. The summed E-state index contributed by atoms with van der Waals surface area (Å²) in [6.45, 7) is 6.58. The third kappa shape index (κ3) is 4.36. The summed E-state index contributed by atoms with van der Waals surface area (Å²) in [7, 11) is 0. The van der Waals surface area contributed by atoms with Gasteiger partial charge in [-0.25, -0.2) is 0 Å². The molecule has 0 spiro atoms. The van der Waals surface area contributed by atoms with E-state index in [0.717, 1.165) is 37.8 Å². The van der Waals surface area contributed by atoms with Crippen molar-refractivity contribution in [3.05, 3.63) is 10.0 Å². The van der Waals surface area contributed by atoms with Crippen LogP contribution in [0.15, 0.2) is 0 Å². The number of nitrogens with zero attached hydrogens (tertiary/aromatic N) is 2. The van der Waals surface area contributed by atoms with Crippen molar-refractivity contribution in [1.29, 1.82) is 0 Å². The lowest BCUT2D eigenvalue weighted by molar-refractivity contribution is 0.313. The highest BCUT2D eigenvalue weighted by atomic mass is 32.1. The van der Waals surface area contributed by atoms with E-state index in [0.29, 0.717) is 0 Å². The molecule has 1 aliphatic carbocycles.